The molecule has 0 bridgehead atoms. The molecule has 1 amide bonds. The van der Waals surface area contributed by atoms with E-state index >= 15 is 0 Å². The van der Waals surface area contributed by atoms with Crippen LogP contribution in [-0.2, 0) is 20.8 Å². The zero-order valence-corrected chi connectivity index (χ0v) is 16.6. The highest BCUT2D eigenvalue weighted by atomic mass is 19.1. The monoisotopic (exact) mass is 392 g/mol. The quantitative estimate of drug-likeness (QED) is 0.717. The number of pyridine rings is 1. The fourth-order valence-electron chi connectivity index (χ4n) is 2.03. The zero-order chi connectivity index (χ0) is 21.2. The predicted octanol–water partition coefficient (Wildman–Crippen LogP) is 3.96. The number of benzene rings is 1. The van der Waals surface area contributed by atoms with Gasteiger partial charge in [0.15, 0.2) is 11.6 Å². The number of hydrogen-bond donors (Lipinski definition) is 0. The van der Waals surface area contributed by atoms with E-state index < -0.39 is 17.5 Å². The average Bonchev–Trinajstić information content (AvgIpc) is 2.66. The molecule has 7 nitrogen and oxygen atoms in total. The smallest absolute Gasteiger partial charge is 0.416 e. The second-order valence-corrected chi connectivity index (χ2v) is 6.56. The number of rotatable bonds is 5. The standard InChI is InChI=1S/C18H21FN2O3.C2H4O2/c1-18(2,3)24-17(22)21(16-15(19)6-5-11-20-16)12-13-7-9-14(23-4)10-8-13;1-4-2-3/h5-11H,12H2,1-4H3;2H,1H3. The molecule has 0 saturated heterocycles. The Morgan fingerprint density at radius 3 is 2.25 bits per heavy atom. The number of hydrogen-bond acceptors (Lipinski definition) is 6. The first-order valence-electron chi connectivity index (χ1n) is 8.42. The van der Waals surface area contributed by atoms with Gasteiger partial charge in [0.05, 0.1) is 20.8 Å². The van der Waals surface area contributed by atoms with E-state index in [-0.39, 0.29) is 12.4 Å². The summed E-state index contributed by atoms with van der Waals surface area (Å²) in [6, 6.07) is 9.88. The lowest BCUT2D eigenvalue weighted by atomic mass is 10.2. The van der Waals surface area contributed by atoms with Gasteiger partial charge >= 0.3 is 6.09 Å². The van der Waals surface area contributed by atoms with Gasteiger partial charge in [0.2, 0.25) is 0 Å². The van der Waals surface area contributed by atoms with Crippen LogP contribution in [0.15, 0.2) is 42.6 Å². The SMILES string of the molecule is COC=O.COc1ccc(CN(C(=O)OC(C)(C)C)c2ncccc2F)cc1. The number of carbonyl (C=O) groups excluding carboxylic acids is 2. The second kappa shape index (κ2) is 10.9. The molecule has 2 rings (SSSR count). The average molecular weight is 392 g/mol. The molecule has 8 heteroatoms. The Morgan fingerprint density at radius 2 is 1.79 bits per heavy atom. The molecule has 1 aromatic heterocycles. The van der Waals surface area contributed by atoms with Crippen molar-refractivity contribution < 1.29 is 28.2 Å². The molecule has 2 aromatic rings. The van der Waals surface area contributed by atoms with Crippen molar-refractivity contribution in [1.82, 2.24) is 4.98 Å². The minimum Gasteiger partial charge on any atom is -0.497 e. The summed E-state index contributed by atoms with van der Waals surface area (Å²) in [6.45, 7) is 5.77. The number of anilines is 1. The summed E-state index contributed by atoms with van der Waals surface area (Å²) in [5, 5.41) is 0. The summed E-state index contributed by atoms with van der Waals surface area (Å²) in [6.07, 6.45) is 0.778. The number of aromatic nitrogens is 1. The zero-order valence-electron chi connectivity index (χ0n) is 16.6. The fraction of sp³-hybridized carbons (Fsp3) is 0.350. The number of ether oxygens (including phenoxy) is 3. The molecule has 152 valence electrons. The van der Waals surface area contributed by atoms with Crippen molar-refractivity contribution >= 4 is 18.4 Å². The third kappa shape index (κ3) is 7.61. The maximum absolute atomic E-state index is 14.1. The van der Waals surface area contributed by atoms with E-state index in [1.165, 1.54) is 30.3 Å². The lowest BCUT2D eigenvalue weighted by molar-refractivity contribution is -0.126. The van der Waals surface area contributed by atoms with Crippen LogP contribution in [0.25, 0.3) is 0 Å². The summed E-state index contributed by atoms with van der Waals surface area (Å²) < 4.78 is 28.5. The van der Waals surface area contributed by atoms with Gasteiger partial charge in [0.1, 0.15) is 11.4 Å². The molecule has 0 radical (unpaired) electrons. The number of amides is 1. The lowest BCUT2D eigenvalue weighted by Gasteiger charge is -2.27. The summed E-state index contributed by atoms with van der Waals surface area (Å²) in [5.74, 6) is 0.0472. The third-order valence-corrected chi connectivity index (χ3v) is 3.20. The topological polar surface area (TPSA) is 78.0 Å². The molecule has 0 spiro atoms. The van der Waals surface area contributed by atoms with Crippen LogP contribution in [0.5, 0.6) is 5.75 Å². The molecule has 0 fully saturated rings. The molecule has 0 saturated carbocycles. The Hall–Kier alpha value is -3.16. The van der Waals surface area contributed by atoms with E-state index in [0.717, 1.165) is 5.56 Å². The van der Waals surface area contributed by atoms with Gasteiger partial charge < -0.3 is 14.2 Å². The molecule has 0 unspecified atom stereocenters. The highest BCUT2D eigenvalue weighted by molar-refractivity contribution is 5.86. The van der Waals surface area contributed by atoms with Gasteiger partial charge in [-0.1, -0.05) is 12.1 Å². The van der Waals surface area contributed by atoms with Gasteiger partial charge in [-0.05, 0) is 50.6 Å². The van der Waals surface area contributed by atoms with Gasteiger partial charge in [-0.3, -0.25) is 9.69 Å². The summed E-state index contributed by atoms with van der Waals surface area (Å²) in [4.78, 5) is 26.6. The Kier molecular flexibility index (Phi) is 8.87. The van der Waals surface area contributed by atoms with Crippen LogP contribution < -0.4 is 9.64 Å². The number of methoxy groups -OCH3 is 2. The minimum absolute atomic E-state index is 0.0671. The number of nitrogens with zero attached hydrogens (tertiary/aromatic N) is 2. The van der Waals surface area contributed by atoms with Crippen LogP contribution in [0.1, 0.15) is 26.3 Å². The number of carbonyl (C=O) groups is 2. The fourth-order valence-corrected chi connectivity index (χ4v) is 2.03. The Morgan fingerprint density at radius 1 is 1.18 bits per heavy atom. The Labute approximate surface area is 164 Å². The van der Waals surface area contributed by atoms with E-state index in [9.17, 15) is 9.18 Å². The van der Waals surface area contributed by atoms with Crippen molar-refractivity contribution in [2.24, 2.45) is 0 Å². The highest BCUT2D eigenvalue weighted by Crippen LogP contribution is 2.22. The van der Waals surface area contributed by atoms with Crippen LogP contribution in [0.3, 0.4) is 0 Å². The molecule has 0 atom stereocenters. The lowest BCUT2D eigenvalue weighted by Crippen LogP contribution is -2.37. The molecule has 1 aromatic carbocycles. The first kappa shape index (κ1) is 22.9. The summed E-state index contributed by atoms with van der Waals surface area (Å²) >= 11 is 0. The van der Waals surface area contributed by atoms with Crippen LogP contribution >= 0.6 is 0 Å². The van der Waals surface area contributed by atoms with Crippen LogP contribution in [0, 0.1) is 5.82 Å². The van der Waals surface area contributed by atoms with E-state index in [1.54, 1.807) is 52.1 Å². The van der Waals surface area contributed by atoms with E-state index in [2.05, 4.69) is 9.72 Å². The Balaban J connectivity index is 0.000000892. The van der Waals surface area contributed by atoms with Crippen LogP contribution in [0.4, 0.5) is 15.0 Å². The molecule has 0 N–H and O–H groups in total. The van der Waals surface area contributed by atoms with Gasteiger partial charge in [-0.25, -0.2) is 14.2 Å². The maximum Gasteiger partial charge on any atom is 0.416 e. The van der Waals surface area contributed by atoms with Gasteiger partial charge in [0.25, 0.3) is 6.47 Å². The van der Waals surface area contributed by atoms with Crippen LogP contribution in [0.2, 0.25) is 0 Å². The highest BCUT2D eigenvalue weighted by Gasteiger charge is 2.26. The first-order valence-corrected chi connectivity index (χ1v) is 8.42. The molecule has 0 aliphatic heterocycles. The maximum atomic E-state index is 14.1. The van der Waals surface area contributed by atoms with Crippen molar-refractivity contribution in [2.75, 3.05) is 19.1 Å². The van der Waals surface area contributed by atoms with Crippen LogP contribution in [-0.4, -0.2) is 37.4 Å². The Bertz CT molecular complexity index is 760. The molecule has 1 heterocycles. The molecule has 28 heavy (non-hydrogen) atoms. The van der Waals surface area contributed by atoms with Gasteiger partial charge in [-0.15, -0.1) is 0 Å². The first-order chi connectivity index (χ1) is 13.2. The predicted molar refractivity (Wildman–Crippen MR) is 103 cm³/mol. The van der Waals surface area contributed by atoms with Crippen molar-refractivity contribution in [1.29, 1.82) is 0 Å². The number of halogens is 1. The molecule has 0 aliphatic carbocycles. The second-order valence-electron chi connectivity index (χ2n) is 6.56. The largest absolute Gasteiger partial charge is 0.497 e. The molecular formula is C20H25FN2O5. The molecular weight excluding hydrogens is 367 g/mol. The molecule has 0 aliphatic rings. The van der Waals surface area contributed by atoms with Crippen molar-refractivity contribution in [3.8, 4) is 5.75 Å². The van der Waals surface area contributed by atoms with E-state index in [1.807, 2.05) is 0 Å². The minimum atomic E-state index is -0.694. The van der Waals surface area contributed by atoms with E-state index in [0.29, 0.717) is 12.2 Å². The third-order valence-electron chi connectivity index (χ3n) is 3.20. The van der Waals surface area contributed by atoms with Gasteiger partial charge in [0, 0.05) is 6.20 Å². The van der Waals surface area contributed by atoms with Gasteiger partial charge in [-0.2, -0.15) is 0 Å². The van der Waals surface area contributed by atoms with E-state index in [4.69, 9.17) is 14.3 Å². The summed E-state index contributed by atoms with van der Waals surface area (Å²) in [7, 11) is 2.89. The van der Waals surface area contributed by atoms with Crippen molar-refractivity contribution in [3.63, 3.8) is 0 Å². The van der Waals surface area contributed by atoms with Crippen molar-refractivity contribution in [3.05, 3.63) is 54.0 Å². The normalized spacial score (nSPS) is 10.2. The summed E-state index contributed by atoms with van der Waals surface area (Å²) in [5.41, 5.74) is 0.104. The van der Waals surface area contributed by atoms with Crippen molar-refractivity contribution in [2.45, 2.75) is 32.9 Å².